The second-order valence-corrected chi connectivity index (χ2v) is 7.61. The molecule has 0 saturated heterocycles. The van der Waals surface area contributed by atoms with Gasteiger partial charge in [-0.2, -0.15) is 4.31 Å². The molecular formula is C13H17ClN2O2S. The van der Waals surface area contributed by atoms with E-state index in [1.165, 1.54) is 4.31 Å². The van der Waals surface area contributed by atoms with E-state index in [2.05, 4.69) is 0 Å². The van der Waals surface area contributed by atoms with E-state index in [0.717, 1.165) is 5.56 Å². The van der Waals surface area contributed by atoms with Gasteiger partial charge in [-0.25, -0.2) is 8.42 Å². The van der Waals surface area contributed by atoms with Gasteiger partial charge in [-0.15, -0.1) is 0 Å². The molecule has 4 nitrogen and oxygen atoms in total. The number of nitrogens with two attached hydrogens (primary N) is 1. The van der Waals surface area contributed by atoms with Crippen molar-refractivity contribution in [2.45, 2.75) is 32.9 Å². The fourth-order valence-electron chi connectivity index (χ4n) is 2.21. The van der Waals surface area contributed by atoms with Crippen LogP contribution in [0.4, 0.5) is 0 Å². The van der Waals surface area contributed by atoms with Gasteiger partial charge in [-0.1, -0.05) is 23.7 Å². The van der Waals surface area contributed by atoms with Crippen LogP contribution in [0.3, 0.4) is 0 Å². The van der Waals surface area contributed by atoms with Crippen LogP contribution in [0.1, 0.15) is 26.3 Å². The topological polar surface area (TPSA) is 63.4 Å². The predicted molar refractivity (Wildman–Crippen MR) is 76.9 cm³/mol. The van der Waals surface area contributed by atoms with E-state index >= 15 is 0 Å². The second kappa shape index (κ2) is 4.51. The SMILES string of the molecule is CC1=C(N)C(C)(C)N(Cc2ccc(Cl)cc2)S1(=O)=O. The van der Waals surface area contributed by atoms with Gasteiger partial charge in [0.25, 0.3) is 0 Å². The van der Waals surface area contributed by atoms with E-state index < -0.39 is 15.6 Å². The third-order valence-corrected chi connectivity index (χ3v) is 5.99. The lowest BCUT2D eigenvalue weighted by Gasteiger charge is -2.31. The van der Waals surface area contributed by atoms with E-state index in [9.17, 15) is 8.42 Å². The van der Waals surface area contributed by atoms with Crippen molar-refractivity contribution in [3.63, 3.8) is 0 Å². The van der Waals surface area contributed by atoms with Crippen molar-refractivity contribution in [3.05, 3.63) is 45.5 Å². The van der Waals surface area contributed by atoms with Crippen molar-refractivity contribution in [3.8, 4) is 0 Å². The number of hydrogen-bond acceptors (Lipinski definition) is 3. The molecule has 0 radical (unpaired) electrons. The van der Waals surface area contributed by atoms with Crippen LogP contribution in [0.15, 0.2) is 34.9 Å². The van der Waals surface area contributed by atoms with E-state index in [4.69, 9.17) is 17.3 Å². The Morgan fingerprint density at radius 3 is 2.21 bits per heavy atom. The van der Waals surface area contributed by atoms with E-state index in [1.807, 2.05) is 26.0 Å². The minimum absolute atomic E-state index is 0.242. The first kappa shape index (κ1) is 14.4. The molecule has 0 atom stereocenters. The van der Waals surface area contributed by atoms with Gasteiger partial charge in [0.15, 0.2) is 0 Å². The van der Waals surface area contributed by atoms with Crippen molar-refractivity contribution in [1.29, 1.82) is 0 Å². The summed E-state index contributed by atoms with van der Waals surface area (Å²) < 4.78 is 26.1. The van der Waals surface area contributed by atoms with E-state index in [-0.39, 0.29) is 11.4 Å². The maximum Gasteiger partial charge on any atom is 0.241 e. The Balaban J connectivity index is 2.38. The molecule has 0 amide bonds. The average molecular weight is 301 g/mol. The first-order chi connectivity index (χ1) is 8.67. The van der Waals surface area contributed by atoms with Gasteiger partial charge in [0, 0.05) is 17.3 Å². The van der Waals surface area contributed by atoms with Gasteiger partial charge in [0.1, 0.15) is 0 Å². The summed E-state index contributed by atoms with van der Waals surface area (Å²) in [7, 11) is -3.48. The van der Waals surface area contributed by atoms with Crippen molar-refractivity contribution in [2.75, 3.05) is 0 Å². The Kier molecular flexibility index (Phi) is 3.41. The molecule has 6 heteroatoms. The highest BCUT2D eigenvalue weighted by atomic mass is 35.5. The van der Waals surface area contributed by atoms with Crippen LogP contribution < -0.4 is 5.73 Å². The summed E-state index contributed by atoms with van der Waals surface area (Å²) in [5.41, 5.74) is 6.51. The van der Waals surface area contributed by atoms with Gasteiger partial charge >= 0.3 is 0 Å². The highest BCUT2D eigenvalue weighted by molar-refractivity contribution is 7.93. The van der Waals surface area contributed by atoms with Crippen molar-refractivity contribution in [1.82, 2.24) is 4.31 Å². The molecular weight excluding hydrogens is 284 g/mol. The minimum Gasteiger partial charge on any atom is -0.400 e. The van der Waals surface area contributed by atoms with Crippen LogP contribution >= 0.6 is 11.6 Å². The summed E-state index contributed by atoms with van der Waals surface area (Å²) in [6, 6.07) is 7.13. The smallest absolute Gasteiger partial charge is 0.241 e. The maximum absolute atomic E-state index is 12.4. The highest BCUT2D eigenvalue weighted by Crippen LogP contribution is 2.38. The molecule has 2 rings (SSSR count). The summed E-state index contributed by atoms with van der Waals surface area (Å²) >= 11 is 5.83. The van der Waals surface area contributed by atoms with E-state index in [0.29, 0.717) is 10.7 Å². The van der Waals surface area contributed by atoms with Crippen molar-refractivity contribution < 1.29 is 8.42 Å². The van der Waals surface area contributed by atoms with Crippen LogP contribution in [-0.2, 0) is 16.6 Å². The molecule has 0 fully saturated rings. The molecule has 19 heavy (non-hydrogen) atoms. The maximum atomic E-state index is 12.4. The lowest BCUT2D eigenvalue weighted by Crippen LogP contribution is -2.44. The molecule has 0 aliphatic carbocycles. The summed E-state index contributed by atoms with van der Waals surface area (Å²) in [4.78, 5) is 0.242. The number of hydrogen-bond donors (Lipinski definition) is 1. The van der Waals surface area contributed by atoms with Crippen molar-refractivity contribution >= 4 is 21.6 Å². The number of sulfonamides is 1. The lowest BCUT2D eigenvalue weighted by atomic mass is 10.0. The Labute approximate surface area is 118 Å². The van der Waals surface area contributed by atoms with E-state index in [1.54, 1.807) is 19.1 Å². The molecule has 0 bridgehead atoms. The minimum atomic E-state index is -3.48. The quantitative estimate of drug-likeness (QED) is 0.912. The first-order valence-electron chi connectivity index (χ1n) is 5.91. The number of nitrogens with zero attached hydrogens (tertiary/aromatic N) is 1. The molecule has 0 saturated carbocycles. The largest absolute Gasteiger partial charge is 0.400 e. The van der Waals surface area contributed by atoms with Gasteiger partial charge < -0.3 is 5.73 Å². The molecule has 1 aliphatic heterocycles. The third kappa shape index (κ3) is 2.26. The summed E-state index contributed by atoms with van der Waals surface area (Å²) in [6.07, 6.45) is 0. The molecule has 1 aliphatic rings. The molecule has 1 heterocycles. The molecule has 0 spiro atoms. The zero-order valence-corrected chi connectivity index (χ0v) is 12.7. The third-order valence-electron chi connectivity index (χ3n) is 3.58. The van der Waals surface area contributed by atoms with Crippen LogP contribution in [0.5, 0.6) is 0 Å². The first-order valence-corrected chi connectivity index (χ1v) is 7.73. The Morgan fingerprint density at radius 2 is 1.79 bits per heavy atom. The lowest BCUT2D eigenvalue weighted by molar-refractivity contribution is 0.272. The standard InChI is InChI=1S/C13H17ClN2O2S/c1-9-12(15)13(2,3)16(19(9,17)18)8-10-4-6-11(14)7-5-10/h4-7H,8,15H2,1-3H3. The number of allylic oxidation sites excluding steroid dienone is 1. The number of rotatable bonds is 2. The molecule has 0 aromatic heterocycles. The Morgan fingerprint density at radius 1 is 1.26 bits per heavy atom. The van der Waals surface area contributed by atoms with Crippen LogP contribution in [0, 0.1) is 0 Å². The molecule has 2 N–H and O–H groups in total. The Hall–Kier alpha value is -1.04. The van der Waals surface area contributed by atoms with Crippen LogP contribution in [-0.4, -0.2) is 18.3 Å². The molecule has 1 aromatic carbocycles. The van der Waals surface area contributed by atoms with Gasteiger partial charge in [-0.05, 0) is 38.5 Å². The predicted octanol–water partition coefficient (Wildman–Crippen LogP) is 2.45. The van der Waals surface area contributed by atoms with Gasteiger partial charge in [0.05, 0.1) is 10.4 Å². The zero-order valence-electron chi connectivity index (χ0n) is 11.1. The van der Waals surface area contributed by atoms with Gasteiger partial charge in [0.2, 0.25) is 10.0 Å². The molecule has 0 unspecified atom stereocenters. The molecule has 1 aromatic rings. The van der Waals surface area contributed by atoms with Crippen LogP contribution in [0.2, 0.25) is 5.02 Å². The summed E-state index contributed by atoms with van der Waals surface area (Å²) in [6.45, 7) is 5.46. The van der Waals surface area contributed by atoms with Gasteiger partial charge in [-0.3, -0.25) is 0 Å². The van der Waals surface area contributed by atoms with Crippen molar-refractivity contribution in [2.24, 2.45) is 5.73 Å². The normalized spacial score (nSPS) is 21.9. The highest BCUT2D eigenvalue weighted by Gasteiger charge is 2.47. The zero-order chi connectivity index (χ0) is 14.4. The number of halogens is 1. The van der Waals surface area contributed by atoms with Crippen LogP contribution in [0.25, 0.3) is 0 Å². The molecule has 104 valence electrons. The Bertz CT molecular complexity index is 633. The summed E-state index contributed by atoms with van der Waals surface area (Å²) in [5.74, 6) is 0. The summed E-state index contributed by atoms with van der Waals surface area (Å²) in [5, 5.41) is 0.626. The monoisotopic (exact) mass is 300 g/mol. The fourth-order valence-corrected chi connectivity index (χ4v) is 4.21. The second-order valence-electron chi connectivity index (χ2n) is 5.17. The average Bonchev–Trinajstić information content (AvgIpc) is 2.45. The number of benzene rings is 1. The fraction of sp³-hybridized carbons (Fsp3) is 0.385.